The van der Waals surface area contributed by atoms with Gasteiger partial charge in [-0.25, -0.2) is 0 Å². The van der Waals surface area contributed by atoms with Gasteiger partial charge in [-0.1, -0.05) is 170 Å². The molecule has 0 saturated carbocycles. The van der Waals surface area contributed by atoms with E-state index in [9.17, 15) is 6.85 Å². The molecule has 0 unspecified atom stereocenters. The summed E-state index contributed by atoms with van der Waals surface area (Å²) in [5, 5.41) is 4.73. The Morgan fingerprint density at radius 2 is 0.870 bits per heavy atom. The van der Waals surface area contributed by atoms with E-state index < -0.39 is 0 Å². The molecule has 0 heteroatoms. The van der Waals surface area contributed by atoms with Gasteiger partial charge in [-0.3, -0.25) is 0 Å². The van der Waals surface area contributed by atoms with Gasteiger partial charge in [-0.15, -0.1) is 0 Å². The van der Waals surface area contributed by atoms with Crippen molar-refractivity contribution in [3.8, 4) is 44.5 Å². The monoisotopic (exact) mass is 589 g/mol. The molecule has 0 heterocycles. The smallest absolute Gasteiger partial charge is 0.0622 e. The molecular formula is C46H30. The van der Waals surface area contributed by atoms with Crippen molar-refractivity contribution < 1.29 is 9.60 Å². The van der Waals surface area contributed by atoms with E-state index in [1.165, 1.54) is 0 Å². The van der Waals surface area contributed by atoms with E-state index in [1.807, 2.05) is 140 Å². The third-order valence-corrected chi connectivity index (χ3v) is 8.88. The third-order valence-electron chi connectivity index (χ3n) is 8.88. The van der Waals surface area contributed by atoms with Crippen LogP contribution in [-0.4, -0.2) is 0 Å². The molecule has 0 amide bonds. The van der Waals surface area contributed by atoms with Gasteiger partial charge in [0, 0.05) is 0 Å². The van der Waals surface area contributed by atoms with Gasteiger partial charge in [0.15, 0.2) is 0 Å². The Kier molecular flexibility index (Phi) is 4.76. The third kappa shape index (κ3) is 4.30. The van der Waals surface area contributed by atoms with E-state index in [2.05, 4.69) is 0 Å². The molecule has 0 spiro atoms. The van der Waals surface area contributed by atoms with E-state index in [-0.39, 0.29) is 53.1 Å². The minimum absolute atomic E-state index is 0.0215. The van der Waals surface area contributed by atoms with Gasteiger partial charge in [0.1, 0.15) is 0 Å². The molecule has 0 aliphatic rings. The molecule has 0 aliphatic heterocycles. The van der Waals surface area contributed by atoms with Crippen LogP contribution >= 0.6 is 0 Å². The summed E-state index contributed by atoms with van der Waals surface area (Å²) in [5.41, 5.74) is 4.97. The summed E-state index contributed by atoms with van der Waals surface area (Å²) in [6.07, 6.45) is 0. The fraction of sp³-hybridized carbons (Fsp3) is 0. The Balaban J connectivity index is 1.58. The van der Waals surface area contributed by atoms with Crippen LogP contribution in [0.4, 0.5) is 0 Å². The quantitative estimate of drug-likeness (QED) is 0.179. The summed E-state index contributed by atoms with van der Waals surface area (Å²) in [6, 6.07) is 43.4. The Bertz CT molecular complexity index is 2960. The number of hydrogen-bond donors (Lipinski definition) is 0. The van der Waals surface area contributed by atoms with Crippen molar-refractivity contribution in [3.63, 3.8) is 0 Å². The minimum atomic E-state index is -0.386. The predicted octanol–water partition coefficient (Wildman–Crippen LogP) is 13.0. The highest BCUT2D eigenvalue weighted by atomic mass is 14.2. The van der Waals surface area contributed by atoms with Crippen LogP contribution in [0.25, 0.3) is 87.6 Å². The largest absolute Gasteiger partial charge is 0.0636 e. The van der Waals surface area contributed by atoms with Gasteiger partial charge >= 0.3 is 0 Å². The second-order valence-electron chi connectivity index (χ2n) is 11.5. The van der Waals surface area contributed by atoms with Crippen LogP contribution < -0.4 is 0 Å². The molecule has 0 aliphatic carbocycles. The fourth-order valence-corrected chi connectivity index (χ4v) is 6.78. The average molecular weight is 590 g/mol. The zero-order chi connectivity index (χ0) is 36.5. The molecule has 0 fully saturated rings. The normalized spacial score (nSPS) is 13.6. The number of fused-ring (bicyclic) bond motifs is 4. The molecule has 9 aromatic rings. The van der Waals surface area contributed by atoms with Crippen LogP contribution in [0.3, 0.4) is 0 Å². The number of hydrogen-bond acceptors (Lipinski definition) is 0. The molecule has 214 valence electrons. The van der Waals surface area contributed by atoms with E-state index in [0.717, 1.165) is 32.7 Å². The average Bonchev–Trinajstić information content (AvgIpc) is 3.20. The maximum Gasteiger partial charge on any atom is 0.0636 e. The molecule has 0 saturated heterocycles. The molecule has 0 aromatic heterocycles. The summed E-state index contributed by atoms with van der Waals surface area (Å²) < 4.78 is 66.3. The summed E-state index contributed by atoms with van der Waals surface area (Å²) in [6.45, 7) is 0. The van der Waals surface area contributed by atoms with Crippen molar-refractivity contribution >= 4 is 43.1 Å². The molecule has 9 rings (SSSR count). The summed E-state index contributed by atoms with van der Waals surface area (Å²) in [4.78, 5) is 0. The van der Waals surface area contributed by atoms with Gasteiger partial charge in [0.25, 0.3) is 0 Å². The van der Waals surface area contributed by atoms with E-state index >= 15 is 0 Å². The summed E-state index contributed by atoms with van der Waals surface area (Å²) >= 11 is 0. The Labute approximate surface area is 278 Å². The first-order valence-corrected chi connectivity index (χ1v) is 15.4. The number of rotatable bonds is 4. The van der Waals surface area contributed by atoms with E-state index in [1.54, 1.807) is 0 Å². The lowest BCUT2D eigenvalue weighted by molar-refractivity contribution is 1.61. The maximum atomic E-state index is 10.1. The Hall–Kier alpha value is -5.98. The Morgan fingerprint density at radius 3 is 1.63 bits per heavy atom. The van der Waals surface area contributed by atoms with Crippen molar-refractivity contribution in [2.24, 2.45) is 0 Å². The Morgan fingerprint density at radius 1 is 0.326 bits per heavy atom. The van der Waals surface area contributed by atoms with Crippen molar-refractivity contribution in [1.82, 2.24) is 0 Å². The minimum Gasteiger partial charge on any atom is -0.0622 e. The topological polar surface area (TPSA) is 0 Å². The zero-order valence-corrected chi connectivity index (χ0v) is 24.8. The van der Waals surface area contributed by atoms with Crippen LogP contribution in [0.15, 0.2) is 182 Å². The van der Waals surface area contributed by atoms with Gasteiger partial charge in [-0.05, 0) is 99.7 Å². The summed E-state index contributed by atoms with van der Waals surface area (Å²) in [5.74, 6) is 0. The first-order chi connectivity index (χ1) is 25.8. The van der Waals surface area contributed by atoms with Crippen molar-refractivity contribution in [3.05, 3.63) is 182 Å². The van der Waals surface area contributed by atoms with Crippen molar-refractivity contribution in [2.45, 2.75) is 0 Å². The van der Waals surface area contributed by atoms with Crippen molar-refractivity contribution in [2.75, 3.05) is 0 Å². The molecule has 0 nitrogen and oxygen atoms in total. The number of benzene rings is 9. The van der Waals surface area contributed by atoms with Crippen molar-refractivity contribution in [1.29, 1.82) is 0 Å². The zero-order valence-electron chi connectivity index (χ0n) is 31.8. The van der Waals surface area contributed by atoms with Crippen LogP contribution in [0.2, 0.25) is 0 Å². The first-order valence-electron chi connectivity index (χ1n) is 18.9. The second kappa shape index (κ2) is 10.9. The molecular weight excluding hydrogens is 553 g/mol. The molecule has 0 bridgehead atoms. The standard InChI is InChI=1S/C46H30/c1-2-13-31(14-3-1)34-19-10-20-36(29-34)45-41-23-8-9-24-42(41)46(40-26-12-18-33-16-5-7-22-38(33)40)43-28-27-35(30-44(43)45)39-25-11-17-32-15-4-6-21-37(32)39/h1-30H/i8D,9D,23D,24D,27D,28D,30D. The van der Waals surface area contributed by atoms with Gasteiger partial charge in [-0.2, -0.15) is 0 Å². The SMILES string of the molecule is [2H]c1c([2H])c([2H])c2c(-c3cccc4ccccc34)c3c([2H])c([2H])c(-c4cccc5ccccc45)c([2H])c3c(-c3cccc(-c4ccccc4)c3)c2c1[2H]. The van der Waals surface area contributed by atoms with Gasteiger partial charge < -0.3 is 0 Å². The lowest BCUT2D eigenvalue weighted by Crippen LogP contribution is -1.93. The van der Waals surface area contributed by atoms with E-state index in [0.29, 0.717) is 44.2 Å². The second-order valence-corrected chi connectivity index (χ2v) is 11.5. The van der Waals surface area contributed by atoms with Crippen LogP contribution in [0.5, 0.6) is 0 Å². The predicted molar refractivity (Wildman–Crippen MR) is 198 cm³/mol. The highest BCUT2D eigenvalue weighted by molar-refractivity contribution is 6.24. The highest BCUT2D eigenvalue weighted by Crippen LogP contribution is 2.47. The lowest BCUT2D eigenvalue weighted by atomic mass is 9.83. The molecule has 0 N–H and O–H groups in total. The summed E-state index contributed by atoms with van der Waals surface area (Å²) in [7, 11) is 0. The first kappa shape index (κ1) is 20.1. The van der Waals surface area contributed by atoms with Crippen LogP contribution in [0.1, 0.15) is 9.60 Å². The van der Waals surface area contributed by atoms with Crippen LogP contribution in [-0.2, 0) is 0 Å². The lowest BCUT2D eigenvalue weighted by Gasteiger charge is -2.20. The highest BCUT2D eigenvalue weighted by Gasteiger charge is 2.19. The van der Waals surface area contributed by atoms with E-state index in [4.69, 9.17) is 2.74 Å². The maximum absolute atomic E-state index is 10.1. The molecule has 0 atom stereocenters. The molecule has 46 heavy (non-hydrogen) atoms. The molecule has 9 aromatic carbocycles. The van der Waals surface area contributed by atoms with Gasteiger partial charge in [0.05, 0.1) is 9.60 Å². The fourth-order valence-electron chi connectivity index (χ4n) is 6.78. The molecule has 0 radical (unpaired) electrons. The van der Waals surface area contributed by atoms with Gasteiger partial charge in [0.2, 0.25) is 0 Å². The van der Waals surface area contributed by atoms with Crippen LogP contribution in [0, 0.1) is 0 Å².